The minimum Gasteiger partial charge on any atom is -0.444 e. The first kappa shape index (κ1) is 30.3. The first-order valence-corrected chi connectivity index (χ1v) is 13.3. The fourth-order valence-corrected chi connectivity index (χ4v) is 4.96. The second-order valence-electron chi connectivity index (χ2n) is 11.8. The molecule has 0 N–H and O–H groups in total. The molecule has 3 heterocycles. The van der Waals surface area contributed by atoms with Crippen molar-refractivity contribution < 1.29 is 36.6 Å². The maximum absolute atomic E-state index is 14.2. The van der Waals surface area contributed by atoms with Gasteiger partial charge in [-0.15, -0.1) is 10.2 Å². The maximum Gasteiger partial charge on any atom is 0.410 e. The Morgan fingerprint density at radius 1 is 1.12 bits per heavy atom. The fourth-order valence-electron chi connectivity index (χ4n) is 4.96. The van der Waals surface area contributed by atoms with Gasteiger partial charge in [-0.25, -0.2) is 14.2 Å². The summed E-state index contributed by atoms with van der Waals surface area (Å²) in [5.41, 5.74) is -1.00. The van der Waals surface area contributed by atoms with Crippen LogP contribution in [0.2, 0.25) is 0 Å². The smallest absolute Gasteiger partial charge is 0.410 e. The Morgan fingerprint density at radius 3 is 2.37 bits per heavy atom. The minimum atomic E-state index is -4.65. The van der Waals surface area contributed by atoms with Crippen LogP contribution in [-0.2, 0) is 4.74 Å². The van der Waals surface area contributed by atoms with Crippen molar-refractivity contribution in [3.05, 3.63) is 35.9 Å². The molecule has 2 aromatic rings. The van der Waals surface area contributed by atoms with E-state index in [1.54, 1.807) is 4.90 Å². The Labute approximate surface area is 235 Å². The highest BCUT2D eigenvalue weighted by molar-refractivity contribution is 5.97. The summed E-state index contributed by atoms with van der Waals surface area (Å²) in [6.07, 6.45) is -2.22. The Kier molecular flexibility index (Phi) is 8.33. The van der Waals surface area contributed by atoms with Crippen LogP contribution in [0.15, 0.2) is 24.5 Å². The molecule has 0 radical (unpaired) electrons. The molecule has 2 saturated heterocycles. The molecule has 0 saturated carbocycles. The second kappa shape index (κ2) is 11.3. The molecule has 2 amide bonds. The third-order valence-electron chi connectivity index (χ3n) is 7.01. The van der Waals surface area contributed by atoms with Crippen molar-refractivity contribution >= 4 is 17.8 Å². The van der Waals surface area contributed by atoms with Gasteiger partial charge in [0.2, 0.25) is 0 Å². The van der Waals surface area contributed by atoms with Crippen molar-refractivity contribution in [2.24, 2.45) is 5.41 Å². The number of nitrogens with zero attached hydrogens (tertiary/aromatic N) is 6. The largest absolute Gasteiger partial charge is 0.444 e. The summed E-state index contributed by atoms with van der Waals surface area (Å²) < 4.78 is 65.0. The fraction of sp³-hybridized carbons (Fsp3) is 0.593. The van der Waals surface area contributed by atoms with E-state index < -0.39 is 36.1 Å². The van der Waals surface area contributed by atoms with Crippen molar-refractivity contribution in [2.45, 2.75) is 65.3 Å². The molecule has 41 heavy (non-hydrogen) atoms. The summed E-state index contributed by atoms with van der Waals surface area (Å²) in [7, 11) is 0. The normalized spacial score (nSPS) is 16.9. The van der Waals surface area contributed by atoms with Gasteiger partial charge in [-0.2, -0.15) is 13.2 Å². The first-order chi connectivity index (χ1) is 19.1. The molecule has 0 unspecified atom stereocenters. The molecule has 2 fully saturated rings. The van der Waals surface area contributed by atoms with E-state index in [0.717, 1.165) is 31.0 Å². The van der Waals surface area contributed by atoms with E-state index in [9.17, 15) is 27.2 Å². The van der Waals surface area contributed by atoms with E-state index in [1.807, 2.05) is 25.7 Å². The highest BCUT2D eigenvalue weighted by Gasteiger charge is 2.47. The van der Waals surface area contributed by atoms with E-state index in [1.165, 1.54) is 20.2 Å². The lowest BCUT2D eigenvalue weighted by Gasteiger charge is -2.54. The number of halogens is 4. The third kappa shape index (κ3) is 7.33. The topological polar surface area (TPSA) is 101 Å². The van der Waals surface area contributed by atoms with E-state index in [4.69, 9.17) is 9.47 Å². The Morgan fingerprint density at radius 2 is 1.78 bits per heavy atom. The van der Waals surface area contributed by atoms with Crippen LogP contribution in [0.25, 0.3) is 0 Å². The lowest BCUT2D eigenvalue weighted by Crippen LogP contribution is -2.61. The van der Waals surface area contributed by atoms with Crippen LogP contribution in [0.3, 0.4) is 0 Å². The lowest BCUT2D eigenvalue weighted by molar-refractivity contribution is -0.143. The van der Waals surface area contributed by atoms with Gasteiger partial charge in [0.15, 0.2) is 5.82 Å². The second-order valence-corrected chi connectivity index (χ2v) is 11.8. The number of hydrogen-bond acceptors (Lipinski definition) is 8. The molecule has 1 spiro atoms. The van der Waals surface area contributed by atoms with Gasteiger partial charge in [-0.05, 0) is 65.7 Å². The SMILES string of the molecule is CC(C)N(CC(F)(F)F)C(=O)c1cc(F)ccc1Oc1nncnc1N1CC2(CCN(C(=O)OC(C)(C)C)CC2)C1. The zero-order valence-corrected chi connectivity index (χ0v) is 23.7. The quantitative estimate of drug-likeness (QED) is 0.436. The van der Waals surface area contributed by atoms with Gasteiger partial charge >= 0.3 is 12.3 Å². The lowest BCUT2D eigenvalue weighted by atomic mass is 9.72. The molecule has 1 aromatic carbocycles. The summed E-state index contributed by atoms with van der Waals surface area (Å²) in [5, 5.41) is 7.76. The first-order valence-electron chi connectivity index (χ1n) is 13.3. The molecule has 2 aliphatic heterocycles. The van der Waals surface area contributed by atoms with Crippen molar-refractivity contribution in [1.82, 2.24) is 25.0 Å². The summed E-state index contributed by atoms with van der Waals surface area (Å²) >= 11 is 0. The third-order valence-corrected chi connectivity index (χ3v) is 7.01. The van der Waals surface area contributed by atoms with Crippen LogP contribution in [0.5, 0.6) is 11.6 Å². The number of ether oxygens (including phenoxy) is 2. The molecule has 0 bridgehead atoms. The van der Waals surface area contributed by atoms with Gasteiger partial charge in [0.05, 0.1) is 5.56 Å². The number of aromatic nitrogens is 3. The Bertz CT molecular complexity index is 1270. The van der Waals surface area contributed by atoms with Crippen LogP contribution in [-0.4, -0.2) is 87.5 Å². The van der Waals surface area contributed by atoms with E-state index in [0.29, 0.717) is 36.9 Å². The Hall–Kier alpha value is -3.71. The number of carbonyl (C=O) groups excluding carboxylic acids is 2. The number of rotatable bonds is 6. The predicted molar refractivity (Wildman–Crippen MR) is 140 cm³/mol. The molecule has 0 aliphatic carbocycles. The highest BCUT2D eigenvalue weighted by atomic mass is 19.4. The van der Waals surface area contributed by atoms with Crippen LogP contribution >= 0.6 is 0 Å². The predicted octanol–water partition coefficient (Wildman–Crippen LogP) is 5.05. The van der Waals surface area contributed by atoms with Crippen molar-refractivity contribution in [3.8, 4) is 11.6 Å². The number of carbonyl (C=O) groups is 2. The monoisotopic (exact) mass is 582 g/mol. The average molecular weight is 583 g/mol. The average Bonchev–Trinajstić information content (AvgIpc) is 2.85. The number of alkyl halides is 3. The number of hydrogen-bond donors (Lipinski definition) is 0. The van der Waals surface area contributed by atoms with Gasteiger partial charge in [-0.1, -0.05) is 0 Å². The molecule has 14 heteroatoms. The molecule has 4 rings (SSSR count). The zero-order chi connectivity index (χ0) is 30.2. The summed E-state index contributed by atoms with van der Waals surface area (Å²) in [6.45, 7) is 9.16. The molecule has 0 atom stereocenters. The molecule has 224 valence electrons. The molecule has 1 aromatic heterocycles. The minimum absolute atomic E-state index is 0.0485. The van der Waals surface area contributed by atoms with Gasteiger partial charge < -0.3 is 24.2 Å². The van der Waals surface area contributed by atoms with Gasteiger partial charge in [0.1, 0.15) is 30.0 Å². The van der Waals surface area contributed by atoms with Crippen LogP contribution in [0.1, 0.15) is 57.8 Å². The van der Waals surface area contributed by atoms with Crippen molar-refractivity contribution in [2.75, 3.05) is 37.6 Å². The molecular weight excluding hydrogens is 548 g/mol. The van der Waals surface area contributed by atoms with Crippen molar-refractivity contribution in [3.63, 3.8) is 0 Å². The van der Waals surface area contributed by atoms with Gasteiger partial charge in [0.25, 0.3) is 11.8 Å². The zero-order valence-electron chi connectivity index (χ0n) is 23.7. The number of amides is 2. The summed E-state index contributed by atoms with van der Waals surface area (Å²) in [4.78, 5) is 34.1. The van der Waals surface area contributed by atoms with Crippen molar-refractivity contribution in [1.29, 1.82) is 0 Å². The van der Waals surface area contributed by atoms with Crippen LogP contribution in [0.4, 0.5) is 28.2 Å². The van der Waals surface area contributed by atoms with Gasteiger partial charge in [0, 0.05) is 37.6 Å². The standard InChI is InChI=1S/C27H34F4N6O4/c1-17(2)37(15-27(29,30)31)23(38)19-12-18(28)6-7-20(19)40-22-21(32-16-33-34-22)36-13-26(14-36)8-10-35(11-9-26)24(39)41-25(3,4)5/h6-7,12,16-17H,8-11,13-15H2,1-5H3. The number of likely N-dealkylation sites (tertiary alicyclic amines) is 1. The molecular formula is C27H34F4N6O4. The number of piperidine rings is 1. The van der Waals surface area contributed by atoms with Crippen LogP contribution in [0, 0.1) is 11.2 Å². The number of anilines is 1. The van der Waals surface area contributed by atoms with E-state index >= 15 is 0 Å². The number of benzene rings is 1. The summed E-state index contributed by atoms with van der Waals surface area (Å²) in [6, 6.07) is 2.23. The summed E-state index contributed by atoms with van der Waals surface area (Å²) in [5.74, 6) is -1.75. The van der Waals surface area contributed by atoms with Gasteiger partial charge in [-0.3, -0.25) is 4.79 Å². The molecule has 2 aliphatic rings. The van der Waals surface area contributed by atoms with E-state index in [-0.39, 0.29) is 28.7 Å². The maximum atomic E-state index is 14.2. The molecule has 10 nitrogen and oxygen atoms in total. The Balaban J connectivity index is 1.48. The van der Waals surface area contributed by atoms with E-state index in [2.05, 4.69) is 15.2 Å². The highest BCUT2D eigenvalue weighted by Crippen LogP contribution is 2.44. The van der Waals surface area contributed by atoms with Crippen LogP contribution < -0.4 is 9.64 Å².